The van der Waals surface area contributed by atoms with Crippen LogP contribution < -0.4 is 15.0 Å². The highest BCUT2D eigenvalue weighted by atomic mass is 16.5. The molecule has 1 aliphatic heterocycles. The van der Waals surface area contributed by atoms with Crippen LogP contribution in [0.1, 0.15) is 24.2 Å². The molecule has 1 unspecified atom stereocenters. The lowest BCUT2D eigenvalue weighted by molar-refractivity contribution is 0.0526. The van der Waals surface area contributed by atoms with Crippen LogP contribution in [0.2, 0.25) is 0 Å². The lowest BCUT2D eigenvalue weighted by Crippen LogP contribution is -2.44. The smallest absolute Gasteiger partial charge is 0.338 e. The highest BCUT2D eigenvalue weighted by Crippen LogP contribution is 2.33. The second-order valence-corrected chi connectivity index (χ2v) is 5.74. The third-order valence-corrected chi connectivity index (χ3v) is 3.79. The minimum absolute atomic E-state index is 0.105. The van der Waals surface area contributed by atoms with Crippen molar-refractivity contribution >= 4 is 23.4 Å². The molecular weight excluding hydrogens is 320 g/mol. The first-order valence-electron chi connectivity index (χ1n) is 8.20. The van der Waals surface area contributed by atoms with Gasteiger partial charge < -0.3 is 14.8 Å². The summed E-state index contributed by atoms with van der Waals surface area (Å²) in [7, 11) is 0. The molecule has 1 heterocycles. The fourth-order valence-electron chi connectivity index (χ4n) is 2.71. The number of carbonyl (C=O) groups is 2. The van der Waals surface area contributed by atoms with Gasteiger partial charge in [0.05, 0.1) is 24.4 Å². The second-order valence-electron chi connectivity index (χ2n) is 5.74. The van der Waals surface area contributed by atoms with Gasteiger partial charge in [0.1, 0.15) is 11.9 Å². The van der Waals surface area contributed by atoms with Crippen LogP contribution in [-0.4, -0.2) is 31.3 Å². The fraction of sp³-hybridized carbons (Fsp3) is 0.263. The molecule has 0 aromatic heterocycles. The van der Waals surface area contributed by atoms with E-state index < -0.39 is 5.97 Å². The zero-order chi connectivity index (χ0) is 17.8. The Bertz CT molecular complexity index is 790. The first-order chi connectivity index (χ1) is 12.1. The average Bonchev–Trinajstić information content (AvgIpc) is 2.61. The number of fused-ring (bicyclic) bond motifs is 1. The van der Waals surface area contributed by atoms with E-state index in [1.165, 1.54) is 0 Å². The number of rotatable bonds is 3. The van der Waals surface area contributed by atoms with Crippen molar-refractivity contribution in [2.45, 2.75) is 20.0 Å². The number of esters is 1. The van der Waals surface area contributed by atoms with Crippen molar-refractivity contribution in [3.8, 4) is 5.75 Å². The summed E-state index contributed by atoms with van der Waals surface area (Å²) in [6, 6.07) is 13.8. The van der Waals surface area contributed by atoms with E-state index in [1.807, 2.05) is 31.2 Å². The number of nitrogens with zero attached hydrogens (tertiary/aromatic N) is 1. The Morgan fingerprint density at radius 2 is 2.04 bits per heavy atom. The Kier molecular flexibility index (Phi) is 4.88. The van der Waals surface area contributed by atoms with Gasteiger partial charge in [0, 0.05) is 5.69 Å². The van der Waals surface area contributed by atoms with Gasteiger partial charge in [-0.05, 0) is 44.2 Å². The van der Waals surface area contributed by atoms with Crippen LogP contribution in [0.4, 0.5) is 16.2 Å². The highest BCUT2D eigenvalue weighted by Gasteiger charge is 2.27. The fourth-order valence-corrected chi connectivity index (χ4v) is 2.71. The van der Waals surface area contributed by atoms with Crippen molar-refractivity contribution in [3.63, 3.8) is 0 Å². The van der Waals surface area contributed by atoms with Crippen molar-refractivity contribution in [1.82, 2.24) is 0 Å². The van der Waals surface area contributed by atoms with Crippen molar-refractivity contribution in [2.24, 2.45) is 0 Å². The molecule has 1 aliphatic rings. The summed E-state index contributed by atoms with van der Waals surface area (Å²) < 4.78 is 10.7. The number of para-hydroxylation sites is 2. The summed E-state index contributed by atoms with van der Waals surface area (Å²) in [5.41, 5.74) is 1.65. The number of urea groups is 1. The first kappa shape index (κ1) is 16.8. The molecule has 6 heteroatoms. The molecule has 3 rings (SSSR count). The molecule has 25 heavy (non-hydrogen) atoms. The van der Waals surface area contributed by atoms with Crippen LogP contribution in [-0.2, 0) is 4.74 Å². The number of amides is 2. The van der Waals surface area contributed by atoms with E-state index in [1.54, 1.807) is 36.1 Å². The molecule has 6 nitrogen and oxygen atoms in total. The Hall–Kier alpha value is -3.02. The predicted octanol–water partition coefficient (Wildman–Crippen LogP) is 3.68. The largest absolute Gasteiger partial charge is 0.487 e. The maximum Gasteiger partial charge on any atom is 0.338 e. The summed E-state index contributed by atoms with van der Waals surface area (Å²) in [5, 5.41) is 2.83. The van der Waals surface area contributed by atoms with E-state index in [0.717, 1.165) is 5.69 Å². The Labute approximate surface area is 146 Å². The van der Waals surface area contributed by atoms with E-state index in [4.69, 9.17) is 9.47 Å². The number of benzene rings is 2. The minimum atomic E-state index is -0.413. The topological polar surface area (TPSA) is 67.9 Å². The minimum Gasteiger partial charge on any atom is -0.487 e. The summed E-state index contributed by atoms with van der Waals surface area (Å²) in [6.45, 7) is 4.41. The summed E-state index contributed by atoms with van der Waals surface area (Å²) in [4.78, 5) is 26.2. The quantitative estimate of drug-likeness (QED) is 0.866. The van der Waals surface area contributed by atoms with Crippen LogP contribution in [0.15, 0.2) is 48.5 Å². The maximum atomic E-state index is 12.7. The third kappa shape index (κ3) is 3.74. The number of hydrogen-bond donors (Lipinski definition) is 1. The summed E-state index contributed by atoms with van der Waals surface area (Å²) in [5.74, 6) is 0.264. The molecular formula is C19H20N2O4. The summed E-state index contributed by atoms with van der Waals surface area (Å²) >= 11 is 0. The molecule has 0 spiro atoms. The van der Waals surface area contributed by atoms with E-state index in [9.17, 15) is 9.59 Å². The molecule has 0 radical (unpaired) electrons. The van der Waals surface area contributed by atoms with Crippen LogP contribution in [0, 0.1) is 0 Å². The Morgan fingerprint density at radius 1 is 1.24 bits per heavy atom. The average molecular weight is 340 g/mol. The zero-order valence-electron chi connectivity index (χ0n) is 14.2. The SMILES string of the molecule is CCOC(=O)c1cccc(NC(=O)N2CC(C)Oc3ccccc32)c1. The van der Waals surface area contributed by atoms with Crippen molar-refractivity contribution in [1.29, 1.82) is 0 Å². The van der Waals surface area contributed by atoms with E-state index in [-0.39, 0.29) is 12.1 Å². The molecule has 0 aliphatic carbocycles. The second kappa shape index (κ2) is 7.25. The standard InChI is InChI=1S/C19H20N2O4/c1-3-24-18(22)14-7-6-8-15(11-14)20-19(23)21-12-13(2)25-17-10-5-4-9-16(17)21/h4-11,13H,3,12H2,1-2H3,(H,20,23). The van der Waals surface area contributed by atoms with Gasteiger partial charge in [0.15, 0.2) is 0 Å². The number of ether oxygens (including phenoxy) is 2. The Morgan fingerprint density at radius 3 is 2.84 bits per heavy atom. The van der Waals surface area contributed by atoms with Gasteiger partial charge in [-0.3, -0.25) is 4.90 Å². The van der Waals surface area contributed by atoms with Crippen molar-refractivity contribution in [2.75, 3.05) is 23.4 Å². The summed E-state index contributed by atoms with van der Waals surface area (Å²) in [6.07, 6.45) is -0.105. The van der Waals surface area contributed by atoms with Gasteiger partial charge in [0.25, 0.3) is 0 Å². The molecule has 1 atom stereocenters. The van der Waals surface area contributed by atoms with Gasteiger partial charge in [-0.1, -0.05) is 18.2 Å². The normalized spacial score (nSPS) is 15.8. The molecule has 0 saturated carbocycles. The molecule has 0 saturated heterocycles. The Balaban J connectivity index is 1.79. The number of nitrogens with one attached hydrogen (secondary N) is 1. The highest BCUT2D eigenvalue weighted by molar-refractivity contribution is 6.03. The van der Waals surface area contributed by atoms with Gasteiger partial charge >= 0.3 is 12.0 Å². The molecule has 0 bridgehead atoms. The molecule has 2 aromatic rings. The van der Waals surface area contributed by atoms with Crippen LogP contribution in [0.3, 0.4) is 0 Å². The van der Waals surface area contributed by atoms with Crippen LogP contribution in [0.25, 0.3) is 0 Å². The lowest BCUT2D eigenvalue weighted by Gasteiger charge is -2.33. The molecule has 1 N–H and O–H groups in total. The van der Waals surface area contributed by atoms with E-state index in [2.05, 4.69) is 5.32 Å². The van der Waals surface area contributed by atoms with E-state index in [0.29, 0.717) is 30.2 Å². The first-order valence-corrected chi connectivity index (χ1v) is 8.20. The number of carbonyl (C=O) groups excluding carboxylic acids is 2. The molecule has 2 aromatic carbocycles. The monoisotopic (exact) mass is 340 g/mol. The zero-order valence-corrected chi connectivity index (χ0v) is 14.2. The van der Waals surface area contributed by atoms with Crippen LogP contribution >= 0.6 is 0 Å². The molecule has 130 valence electrons. The van der Waals surface area contributed by atoms with Gasteiger partial charge in [-0.2, -0.15) is 0 Å². The van der Waals surface area contributed by atoms with Crippen molar-refractivity contribution in [3.05, 3.63) is 54.1 Å². The van der Waals surface area contributed by atoms with Gasteiger partial charge in [-0.25, -0.2) is 9.59 Å². The lowest BCUT2D eigenvalue weighted by atomic mass is 10.2. The number of anilines is 2. The maximum absolute atomic E-state index is 12.7. The van der Waals surface area contributed by atoms with Gasteiger partial charge in [0.2, 0.25) is 0 Å². The van der Waals surface area contributed by atoms with Crippen molar-refractivity contribution < 1.29 is 19.1 Å². The van der Waals surface area contributed by atoms with Crippen LogP contribution in [0.5, 0.6) is 5.75 Å². The van der Waals surface area contributed by atoms with Gasteiger partial charge in [-0.15, -0.1) is 0 Å². The number of hydrogen-bond acceptors (Lipinski definition) is 4. The molecule has 0 fully saturated rings. The third-order valence-electron chi connectivity index (χ3n) is 3.79. The van der Waals surface area contributed by atoms with E-state index >= 15 is 0 Å². The predicted molar refractivity (Wildman–Crippen MR) is 95.3 cm³/mol. The molecule has 2 amide bonds.